The fourth-order valence-electron chi connectivity index (χ4n) is 4.26. The highest BCUT2D eigenvalue weighted by molar-refractivity contribution is 7.18. The summed E-state index contributed by atoms with van der Waals surface area (Å²) in [5, 5.41) is 4.11. The minimum atomic E-state index is -0.144. The molecule has 0 unspecified atom stereocenters. The highest BCUT2D eigenvalue weighted by Gasteiger charge is 2.22. The van der Waals surface area contributed by atoms with Crippen LogP contribution in [0.25, 0.3) is 28.0 Å². The normalized spacial score (nSPS) is 13.8. The molecule has 0 aliphatic carbocycles. The molecule has 1 fully saturated rings. The average molecular weight is 482 g/mol. The maximum absolute atomic E-state index is 13.2. The van der Waals surface area contributed by atoms with Crippen molar-refractivity contribution >= 4 is 39.0 Å². The Morgan fingerprint density at radius 1 is 0.943 bits per heavy atom. The number of imidazole rings is 1. The maximum atomic E-state index is 13.2. The number of aromatic nitrogens is 3. The van der Waals surface area contributed by atoms with Crippen molar-refractivity contribution in [3.05, 3.63) is 90.2 Å². The third-order valence-corrected chi connectivity index (χ3v) is 7.22. The third kappa shape index (κ3) is 4.29. The molecule has 0 spiro atoms. The van der Waals surface area contributed by atoms with Gasteiger partial charge >= 0.3 is 0 Å². The second-order valence-electron chi connectivity index (χ2n) is 8.26. The number of hydrogen-bond donors (Lipinski definition) is 1. The molecule has 0 radical (unpaired) electrons. The van der Waals surface area contributed by atoms with E-state index < -0.39 is 0 Å². The Morgan fingerprint density at radius 2 is 1.74 bits per heavy atom. The lowest BCUT2D eigenvalue weighted by Crippen LogP contribution is -2.35. The highest BCUT2D eigenvalue weighted by atomic mass is 32.1. The number of para-hydroxylation sites is 2. The molecule has 174 valence electrons. The molecule has 35 heavy (non-hydrogen) atoms. The van der Waals surface area contributed by atoms with Crippen LogP contribution in [0.1, 0.15) is 9.67 Å². The van der Waals surface area contributed by atoms with Crippen LogP contribution in [-0.2, 0) is 4.74 Å². The van der Waals surface area contributed by atoms with Crippen LogP contribution in [0.3, 0.4) is 0 Å². The summed E-state index contributed by atoms with van der Waals surface area (Å²) in [5.41, 5.74) is 4.71. The predicted octanol–water partition coefficient (Wildman–Crippen LogP) is 5.24. The number of pyridine rings is 1. The van der Waals surface area contributed by atoms with Crippen molar-refractivity contribution < 1.29 is 9.53 Å². The van der Waals surface area contributed by atoms with Crippen molar-refractivity contribution in [2.45, 2.75) is 0 Å². The van der Waals surface area contributed by atoms with Crippen LogP contribution in [-0.4, -0.2) is 46.7 Å². The van der Waals surface area contributed by atoms with E-state index in [0.29, 0.717) is 23.8 Å². The van der Waals surface area contributed by atoms with Gasteiger partial charge < -0.3 is 15.0 Å². The molecule has 7 nitrogen and oxygen atoms in total. The van der Waals surface area contributed by atoms with Crippen molar-refractivity contribution in [3.63, 3.8) is 0 Å². The summed E-state index contributed by atoms with van der Waals surface area (Å²) in [4.78, 5) is 25.1. The molecule has 1 amide bonds. The summed E-state index contributed by atoms with van der Waals surface area (Å²) in [6, 6.07) is 23.8. The van der Waals surface area contributed by atoms with Crippen molar-refractivity contribution in [3.8, 4) is 16.9 Å². The Bertz CT molecular complexity index is 1470. The van der Waals surface area contributed by atoms with Gasteiger partial charge in [-0.15, -0.1) is 11.3 Å². The molecule has 3 aromatic heterocycles. The number of carbonyl (C=O) groups is 1. The summed E-state index contributed by atoms with van der Waals surface area (Å²) >= 11 is 1.52. The molecule has 8 heteroatoms. The van der Waals surface area contributed by atoms with Crippen LogP contribution in [0.2, 0.25) is 0 Å². The van der Waals surface area contributed by atoms with Crippen molar-refractivity contribution in [2.75, 3.05) is 36.5 Å². The zero-order chi connectivity index (χ0) is 23.6. The van der Waals surface area contributed by atoms with Crippen LogP contribution in [0, 0.1) is 0 Å². The second kappa shape index (κ2) is 9.32. The van der Waals surface area contributed by atoms with Crippen LogP contribution < -0.4 is 10.2 Å². The monoisotopic (exact) mass is 481 g/mol. The van der Waals surface area contributed by atoms with Crippen LogP contribution in [0.4, 0.5) is 10.7 Å². The number of morpholine rings is 1. The lowest BCUT2D eigenvalue weighted by atomic mass is 10.1. The number of anilines is 2. The molecule has 1 aliphatic heterocycles. The molecule has 1 saturated heterocycles. The number of nitrogens with one attached hydrogen (secondary N) is 1. The number of ether oxygens (including phenoxy) is 1. The van der Waals surface area contributed by atoms with Crippen molar-refractivity contribution in [1.29, 1.82) is 0 Å². The van der Waals surface area contributed by atoms with Gasteiger partial charge in [0.05, 0.1) is 46.0 Å². The zero-order valence-electron chi connectivity index (χ0n) is 18.9. The van der Waals surface area contributed by atoms with Gasteiger partial charge in [-0.25, -0.2) is 9.97 Å². The SMILES string of the molecule is O=C(Nc1ccc(-n2cnc3ccccc32)nc1)c1cc(-c2ccccc2)c(N2CCOCC2)s1. The van der Waals surface area contributed by atoms with Crippen LogP contribution in [0.5, 0.6) is 0 Å². The van der Waals surface area contributed by atoms with Crippen molar-refractivity contribution in [2.24, 2.45) is 0 Å². The summed E-state index contributed by atoms with van der Waals surface area (Å²) in [6.07, 6.45) is 3.44. The Labute approximate surface area is 206 Å². The first-order valence-electron chi connectivity index (χ1n) is 11.5. The summed E-state index contributed by atoms with van der Waals surface area (Å²) in [7, 11) is 0. The molecule has 0 saturated carbocycles. The molecule has 1 N–H and O–H groups in total. The first kappa shape index (κ1) is 21.5. The average Bonchev–Trinajstić information content (AvgIpc) is 3.56. The third-order valence-electron chi connectivity index (χ3n) is 6.03. The molecular formula is C27H23N5O2S. The molecule has 2 aromatic carbocycles. The molecule has 0 bridgehead atoms. The molecule has 1 aliphatic rings. The minimum Gasteiger partial charge on any atom is -0.378 e. The number of hydrogen-bond acceptors (Lipinski definition) is 6. The smallest absolute Gasteiger partial charge is 0.265 e. The quantitative estimate of drug-likeness (QED) is 0.372. The van der Waals surface area contributed by atoms with Gasteiger partial charge in [0, 0.05) is 18.7 Å². The fourth-order valence-corrected chi connectivity index (χ4v) is 5.38. The van der Waals surface area contributed by atoms with Gasteiger partial charge in [-0.05, 0) is 35.9 Å². The minimum absolute atomic E-state index is 0.144. The summed E-state index contributed by atoms with van der Waals surface area (Å²) < 4.78 is 7.46. The number of amides is 1. The Balaban J connectivity index is 1.25. The first-order chi connectivity index (χ1) is 17.3. The molecular weight excluding hydrogens is 458 g/mol. The molecule has 5 aromatic rings. The van der Waals surface area contributed by atoms with E-state index in [1.807, 2.05) is 65.2 Å². The Morgan fingerprint density at radius 3 is 2.54 bits per heavy atom. The number of rotatable bonds is 5. The summed E-state index contributed by atoms with van der Waals surface area (Å²) in [6.45, 7) is 3.02. The van der Waals surface area contributed by atoms with E-state index in [1.165, 1.54) is 11.3 Å². The van der Waals surface area contributed by atoms with Crippen molar-refractivity contribution in [1.82, 2.24) is 14.5 Å². The topological polar surface area (TPSA) is 72.3 Å². The van der Waals surface area contributed by atoms with Gasteiger partial charge in [0.1, 0.15) is 12.1 Å². The van der Waals surface area contributed by atoms with Gasteiger partial charge in [-0.3, -0.25) is 9.36 Å². The first-order valence-corrected chi connectivity index (χ1v) is 12.3. The highest BCUT2D eigenvalue weighted by Crippen LogP contribution is 2.39. The van der Waals surface area contributed by atoms with Gasteiger partial charge in [-0.2, -0.15) is 0 Å². The Kier molecular flexibility index (Phi) is 5.73. The lowest BCUT2D eigenvalue weighted by molar-refractivity contribution is 0.103. The van der Waals surface area contributed by atoms with E-state index in [2.05, 4.69) is 32.3 Å². The maximum Gasteiger partial charge on any atom is 0.265 e. The van der Waals surface area contributed by atoms with Crippen LogP contribution >= 0.6 is 11.3 Å². The standard InChI is InChI=1S/C27H23N5O2S/c33-26(30-20-10-11-25(28-17-20)32-18-29-22-8-4-5-9-23(22)32)24-16-21(19-6-2-1-3-7-19)27(35-24)31-12-14-34-15-13-31/h1-11,16-18H,12-15H2,(H,30,33). The van der Waals surface area contributed by atoms with E-state index in [4.69, 9.17) is 4.74 Å². The number of carbonyl (C=O) groups excluding carboxylic acids is 1. The molecule has 6 rings (SSSR count). The van der Waals surface area contributed by atoms with E-state index in [9.17, 15) is 4.79 Å². The number of fused-ring (bicyclic) bond motifs is 1. The van der Waals surface area contributed by atoms with E-state index in [-0.39, 0.29) is 5.91 Å². The van der Waals surface area contributed by atoms with E-state index in [0.717, 1.165) is 46.1 Å². The predicted molar refractivity (Wildman–Crippen MR) is 140 cm³/mol. The molecule has 4 heterocycles. The van der Waals surface area contributed by atoms with Gasteiger partial charge in [-0.1, -0.05) is 42.5 Å². The van der Waals surface area contributed by atoms with Gasteiger partial charge in [0.25, 0.3) is 5.91 Å². The Hall–Kier alpha value is -4.01. The van der Waals surface area contributed by atoms with E-state index in [1.54, 1.807) is 12.5 Å². The van der Waals surface area contributed by atoms with E-state index >= 15 is 0 Å². The second-order valence-corrected chi connectivity index (χ2v) is 9.29. The largest absolute Gasteiger partial charge is 0.378 e. The number of benzene rings is 2. The molecule has 0 atom stereocenters. The number of nitrogens with zero attached hydrogens (tertiary/aromatic N) is 4. The zero-order valence-corrected chi connectivity index (χ0v) is 19.7. The van der Waals surface area contributed by atoms with Crippen LogP contribution in [0.15, 0.2) is 85.3 Å². The number of thiophene rings is 1. The van der Waals surface area contributed by atoms with Gasteiger partial charge in [0.2, 0.25) is 0 Å². The summed E-state index contributed by atoms with van der Waals surface area (Å²) in [5.74, 6) is 0.600. The lowest BCUT2D eigenvalue weighted by Gasteiger charge is -2.28. The van der Waals surface area contributed by atoms with Gasteiger partial charge in [0.15, 0.2) is 0 Å². The fraction of sp³-hybridized carbons (Fsp3) is 0.148.